The zero-order valence-corrected chi connectivity index (χ0v) is 10.7. The van der Waals surface area contributed by atoms with Crippen molar-refractivity contribution in [1.82, 2.24) is 14.8 Å². The summed E-state index contributed by atoms with van der Waals surface area (Å²) in [5, 5.41) is 8.14. The van der Waals surface area contributed by atoms with Gasteiger partial charge in [-0.25, -0.2) is 0 Å². The number of nitrogens with two attached hydrogens (primary N) is 1. The number of anilines is 1. The minimum absolute atomic E-state index is 0.728. The Bertz CT molecular complexity index is 504. The third kappa shape index (κ3) is 1.83. The highest BCUT2D eigenvalue weighted by Crippen LogP contribution is 2.25. The third-order valence-electron chi connectivity index (χ3n) is 2.35. The van der Waals surface area contributed by atoms with E-state index in [-0.39, 0.29) is 0 Å². The Morgan fingerprint density at radius 1 is 1.33 bits per heavy atom. The van der Waals surface area contributed by atoms with Crippen LogP contribution in [0.2, 0.25) is 0 Å². The van der Waals surface area contributed by atoms with Gasteiger partial charge in [0.05, 0.1) is 0 Å². The lowest BCUT2D eigenvalue weighted by Gasteiger charge is -2.05. The average molecular weight is 314 g/mol. The number of nitrogens with zero attached hydrogens (tertiary/aromatic N) is 3. The predicted octanol–water partition coefficient (Wildman–Crippen LogP) is 1.98. The van der Waals surface area contributed by atoms with Crippen molar-refractivity contribution in [3.63, 3.8) is 0 Å². The number of benzene rings is 1. The van der Waals surface area contributed by atoms with Crippen molar-refractivity contribution >= 4 is 28.3 Å². The van der Waals surface area contributed by atoms with Crippen LogP contribution in [0.1, 0.15) is 5.82 Å². The molecule has 0 radical (unpaired) electrons. The van der Waals surface area contributed by atoms with Crippen LogP contribution >= 0.6 is 22.6 Å². The largest absolute Gasteiger partial charge is 0.398 e. The second-order valence-corrected chi connectivity index (χ2v) is 4.61. The zero-order chi connectivity index (χ0) is 11.0. The summed E-state index contributed by atoms with van der Waals surface area (Å²) in [5.74, 6) is 1.69. The first kappa shape index (κ1) is 10.4. The maximum atomic E-state index is 5.92. The molecule has 0 aliphatic rings. The fourth-order valence-electron chi connectivity index (χ4n) is 1.36. The number of hydrogen-bond acceptors (Lipinski definition) is 3. The van der Waals surface area contributed by atoms with E-state index in [9.17, 15) is 0 Å². The van der Waals surface area contributed by atoms with E-state index in [4.69, 9.17) is 5.73 Å². The van der Waals surface area contributed by atoms with Gasteiger partial charge < -0.3 is 10.3 Å². The molecular formula is C10H11IN4. The molecule has 0 atom stereocenters. The number of halogens is 1. The van der Waals surface area contributed by atoms with Crippen LogP contribution in [-0.2, 0) is 7.05 Å². The molecule has 1 heterocycles. The number of hydrogen-bond donors (Lipinski definition) is 1. The van der Waals surface area contributed by atoms with Crippen molar-refractivity contribution in [1.29, 1.82) is 0 Å². The van der Waals surface area contributed by atoms with E-state index >= 15 is 0 Å². The van der Waals surface area contributed by atoms with Gasteiger partial charge in [0.1, 0.15) is 5.82 Å². The van der Waals surface area contributed by atoms with Gasteiger partial charge >= 0.3 is 0 Å². The van der Waals surface area contributed by atoms with E-state index in [1.165, 1.54) is 0 Å². The Morgan fingerprint density at radius 2 is 2.07 bits per heavy atom. The molecule has 0 saturated heterocycles. The standard InChI is InChI=1S/C10H11IN4/c1-6-13-14-10(15(6)2)8-5-7(11)3-4-9(8)12/h3-5H,12H2,1-2H3. The van der Waals surface area contributed by atoms with Crippen molar-refractivity contribution in [2.75, 3.05) is 5.73 Å². The summed E-state index contributed by atoms with van der Waals surface area (Å²) < 4.78 is 3.07. The lowest BCUT2D eigenvalue weighted by Crippen LogP contribution is -1.98. The maximum absolute atomic E-state index is 5.92. The molecule has 2 N–H and O–H groups in total. The molecule has 15 heavy (non-hydrogen) atoms. The highest BCUT2D eigenvalue weighted by molar-refractivity contribution is 14.1. The fourth-order valence-corrected chi connectivity index (χ4v) is 1.86. The summed E-state index contributed by atoms with van der Waals surface area (Å²) in [5.41, 5.74) is 7.58. The molecule has 0 bridgehead atoms. The van der Waals surface area contributed by atoms with Crippen LogP contribution < -0.4 is 5.73 Å². The van der Waals surface area contributed by atoms with Gasteiger partial charge in [0.25, 0.3) is 0 Å². The normalized spacial score (nSPS) is 10.6. The zero-order valence-electron chi connectivity index (χ0n) is 8.53. The first-order valence-electron chi connectivity index (χ1n) is 4.51. The lowest BCUT2D eigenvalue weighted by atomic mass is 10.2. The smallest absolute Gasteiger partial charge is 0.165 e. The number of aryl methyl sites for hydroxylation is 1. The molecule has 0 aliphatic carbocycles. The van der Waals surface area contributed by atoms with Crippen molar-refractivity contribution in [3.05, 3.63) is 27.6 Å². The second kappa shape index (κ2) is 3.80. The Kier molecular flexibility index (Phi) is 2.64. The Morgan fingerprint density at radius 3 is 2.67 bits per heavy atom. The topological polar surface area (TPSA) is 56.7 Å². The average Bonchev–Trinajstić information content (AvgIpc) is 2.52. The predicted molar refractivity (Wildman–Crippen MR) is 68.3 cm³/mol. The molecule has 0 aliphatic heterocycles. The van der Waals surface area contributed by atoms with E-state index < -0.39 is 0 Å². The van der Waals surface area contributed by atoms with Gasteiger partial charge in [0, 0.05) is 21.9 Å². The van der Waals surface area contributed by atoms with E-state index in [1.807, 2.05) is 36.7 Å². The van der Waals surface area contributed by atoms with Gasteiger partial charge in [-0.15, -0.1) is 10.2 Å². The SMILES string of the molecule is Cc1nnc(-c2cc(I)ccc2N)n1C. The first-order valence-corrected chi connectivity index (χ1v) is 5.59. The van der Waals surface area contributed by atoms with Gasteiger partial charge in [-0.1, -0.05) is 0 Å². The molecular weight excluding hydrogens is 303 g/mol. The molecule has 0 spiro atoms. The van der Waals surface area contributed by atoms with Crippen LogP contribution in [0.15, 0.2) is 18.2 Å². The molecule has 0 unspecified atom stereocenters. The Labute approximate surface area is 102 Å². The molecule has 0 amide bonds. The van der Waals surface area contributed by atoms with E-state index in [0.29, 0.717) is 0 Å². The van der Waals surface area contributed by atoms with Gasteiger partial charge in [-0.05, 0) is 47.7 Å². The summed E-state index contributed by atoms with van der Waals surface area (Å²) in [6.07, 6.45) is 0. The highest BCUT2D eigenvalue weighted by atomic mass is 127. The molecule has 1 aromatic heterocycles. The molecule has 0 fully saturated rings. The van der Waals surface area contributed by atoms with Crippen LogP contribution in [0, 0.1) is 10.5 Å². The summed E-state index contributed by atoms with van der Waals surface area (Å²) in [6, 6.07) is 5.88. The minimum atomic E-state index is 0.728. The summed E-state index contributed by atoms with van der Waals surface area (Å²) in [6.45, 7) is 1.92. The van der Waals surface area contributed by atoms with Crippen LogP contribution in [0.25, 0.3) is 11.4 Å². The van der Waals surface area contributed by atoms with Gasteiger partial charge in [-0.3, -0.25) is 0 Å². The molecule has 5 heteroatoms. The molecule has 2 rings (SSSR count). The molecule has 1 aromatic carbocycles. The summed E-state index contributed by atoms with van der Waals surface area (Å²) in [4.78, 5) is 0. The molecule has 0 saturated carbocycles. The second-order valence-electron chi connectivity index (χ2n) is 3.36. The minimum Gasteiger partial charge on any atom is -0.398 e. The van der Waals surface area contributed by atoms with Crippen molar-refractivity contribution in [2.24, 2.45) is 7.05 Å². The number of aromatic nitrogens is 3. The van der Waals surface area contributed by atoms with Crippen LogP contribution in [0.5, 0.6) is 0 Å². The quantitative estimate of drug-likeness (QED) is 0.647. The van der Waals surface area contributed by atoms with Gasteiger partial charge in [0.15, 0.2) is 5.82 Å². The van der Waals surface area contributed by atoms with E-state index in [2.05, 4.69) is 32.8 Å². The van der Waals surface area contributed by atoms with Crippen LogP contribution in [0.3, 0.4) is 0 Å². The van der Waals surface area contributed by atoms with E-state index in [1.54, 1.807) is 0 Å². The number of rotatable bonds is 1. The lowest BCUT2D eigenvalue weighted by molar-refractivity contribution is 0.865. The Hall–Kier alpha value is -1.11. The van der Waals surface area contributed by atoms with Gasteiger partial charge in [-0.2, -0.15) is 0 Å². The number of nitrogen functional groups attached to an aromatic ring is 1. The fraction of sp³-hybridized carbons (Fsp3) is 0.200. The van der Waals surface area contributed by atoms with Crippen molar-refractivity contribution in [3.8, 4) is 11.4 Å². The third-order valence-corrected chi connectivity index (χ3v) is 3.02. The molecule has 78 valence electrons. The molecule has 4 nitrogen and oxygen atoms in total. The molecule has 2 aromatic rings. The van der Waals surface area contributed by atoms with Gasteiger partial charge in [0.2, 0.25) is 0 Å². The highest BCUT2D eigenvalue weighted by Gasteiger charge is 2.10. The Balaban J connectivity index is 2.63. The first-order chi connectivity index (χ1) is 7.09. The van der Waals surface area contributed by atoms with Crippen molar-refractivity contribution < 1.29 is 0 Å². The van der Waals surface area contributed by atoms with Crippen molar-refractivity contribution in [2.45, 2.75) is 6.92 Å². The van der Waals surface area contributed by atoms with Crippen LogP contribution in [0.4, 0.5) is 5.69 Å². The monoisotopic (exact) mass is 314 g/mol. The summed E-state index contributed by atoms with van der Waals surface area (Å²) in [7, 11) is 1.93. The maximum Gasteiger partial charge on any atom is 0.165 e. The summed E-state index contributed by atoms with van der Waals surface area (Å²) >= 11 is 2.25. The van der Waals surface area contributed by atoms with Crippen LogP contribution in [-0.4, -0.2) is 14.8 Å². The van der Waals surface area contributed by atoms with E-state index in [0.717, 1.165) is 26.5 Å².